The summed E-state index contributed by atoms with van der Waals surface area (Å²) in [4.78, 5) is 32.4. The van der Waals surface area contributed by atoms with E-state index in [1.807, 2.05) is 48.5 Å². The first-order chi connectivity index (χ1) is 16.5. The quantitative estimate of drug-likeness (QED) is 0.406. The fraction of sp³-hybridized carbons (Fsp3) is 0.370. The van der Waals surface area contributed by atoms with Gasteiger partial charge in [-0.1, -0.05) is 18.2 Å². The fourth-order valence-corrected chi connectivity index (χ4v) is 4.01. The number of methoxy groups -OCH3 is 2. The van der Waals surface area contributed by atoms with Crippen molar-refractivity contribution in [2.75, 3.05) is 33.9 Å². The molecule has 1 aliphatic rings. The number of nitrogens with zero attached hydrogens (tertiary/aromatic N) is 2. The largest absolute Gasteiger partial charge is 0.493 e. The number of hydrogen-bond acceptors (Lipinski definition) is 6. The van der Waals surface area contributed by atoms with Gasteiger partial charge in [0.2, 0.25) is 0 Å². The van der Waals surface area contributed by atoms with Crippen LogP contribution < -0.4 is 9.47 Å². The highest BCUT2D eigenvalue weighted by Gasteiger charge is 2.29. The number of pyridine rings is 1. The van der Waals surface area contributed by atoms with E-state index in [9.17, 15) is 9.59 Å². The van der Waals surface area contributed by atoms with Gasteiger partial charge in [0.05, 0.1) is 44.0 Å². The maximum Gasteiger partial charge on any atom is 0.307 e. The zero-order chi connectivity index (χ0) is 24.1. The van der Waals surface area contributed by atoms with Gasteiger partial charge in [-0.25, -0.2) is 4.98 Å². The van der Waals surface area contributed by atoms with Crippen molar-refractivity contribution in [2.24, 2.45) is 5.92 Å². The van der Waals surface area contributed by atoms with Crippen LogP contribution in [-0.2, 0) is 9.53 Å². The molecule has 1 saturated carbocycles. The molecule has 0 N–H and O–H groups in total. The van der Waals surface area contributed by atoms with Gasteiger partial charge in [0.25, 0.3) is 5.91 Å². The summed E-state index contributed by atoms with van der Waals surface area (Å²) in [6.07, 6.45) is 2.40. The summed E-state index contributed by atoms with van der Waals surface area (Å²) >= 11 is 0. The number of rotatable bonds is 10. The maximum absolute atomic E-state index is 13.8. The standard InChI is InChI=1S/C27H30N2O5/c1-4-34-26(30)13-14-29(17-18-9-10-18)27(31)21-16-23(28-22-8-6-5-7-20(21)22)19-11-12-24(32-2)25(15-19)33-3/h5-8,11-12,15-16,18H,4,9-10,13-14,17H2,1-3H3. The Bertz CT molecular complexity index is 1190. The number of aromatic nitrogens is 1. The van der Waals surface area contributed by atoms with Crippen LogP contribution >= 0.6 is 0 Å². The minimum atomic E-state index is -0.290. The summed E-state index contributed by atoms with van der Waals surface area (Å²) in [5.74, 6) is 1.31. The molecule has 0 atom stereocenters. The van der Waals surface area contributed by atoms with Crippen molar-refractivity contribution in [1.29, 1.82) is 0 Å². The normalized spacial score (nSPS) is 12.9. The molecule has 7 heteroatoms. The summed E-state index contributed by atoms with van der Waals surface area (Å²) in [6, 6.07) is 15.0. The van der Waals surface area contributed by atoms with Crippen molar-refractivity contribution in [3.05, 3.63) is 54.1 Å². The van der Waals surface area contributed by atoms with E-state index in [-0.39, 0.29) is 18.3 Å². The monoisotopic (exact) mass is 462 g/mol. The van der Waals surface area contributed by atoms with Crippen LogP contribution in [0.3, 0.4) is 0 Å². The zero-order valence-corrected chi connectivity index (χ0v) is 19.9. The Labute approximate surface area is 199 Å². The lowest BCUT2D eigenvalue weighted by Crippen LogP contribution is -2.35. The Morgan fingerprint density at radius 2 is 1.79 bits per heavy atom. The van der Waals surface area contributed by atoms with Crippen molar-refractivity contribution in [2.45, 2.75) is 26.2 Å². The molecule has 0 saturated heterocycles. The lowest BCUT2D eigenvalue weighted by molar-refractivity contribution is -0.143. The Hall–Kier alpha value is -3.61. The van der Waals surface area contributed by atoms with Crippen molar-refractivity contribution in [3.63, 3.8) is 0 Å². The Balaban J connectivity index is 1.73. The van der Waals surface area contributed by atoms with Crippen LogP contribution in [0.15, 0.2) is 48.5 Å². The van der Waals surface area contributed by atoms with Gasteiger partial charge in [0.15, 0.2) is 11.5 Å². The van der Waals surface area contributed by atoms with E-state index in [1.54, 1.807) is 26.0 Å². The molecule has 0 unspecified atom stereocenters. The van der Waals surface area contributed by atoms with E-state index >= 15 is 0 Å². The molecule has 4 rings (SSSR count). The van der Waals surface area contributed by atoms with Crippen molar-refractivity contribution in [3.8, 4) is 22.8 Å². The summed E-state index contributed by atoms with van der Waals surface area (Å²) in [6.45, 7) is 3.08. The first kappa shape index (κ1) is 23.5. The molecule has 3 aromatic rings. The molecular formula is C27H30N2O5. The van der Waals surface area contributed by atoms with Gasteiger partial charge in [-0.2, -0.15) is 0 Å². The molecular weight excluding hydrogens is 432 g/mol. The molecule has 1 aromatic heterocycles. The molecule has 1 heterocycles. The van der Waals surface area contributed by atoms with E-state index in [0.717, 1.165) is 29.3 Å². The van der Waals surface area contributed by atoms with Crippen molar-refractivity contribution >= 4 is 22.8 Å². The van der Waals surface area contributed by atoms with Crippen LogP contribution in [0.1, 0.15) is 36.5 Å². The molecule has 7 nitrogen and oxygen atoms in total. The topological polar surface area (TPSA) is 78.0 Å². The lowest BCUT2D eigenvalue weighted by atomic mass is 10.0. The van der Waals surface area contributed by atoms with Gasteiger partial charge in [-0.15, -0.1) is 0 Å². The second kappa shape index (κ2) is 10.5. The van der Waals surface area contributed by atoms with E-state index in [2.05, 4.69) is 0 Å². The van der Waals surface area contributed by atoms with Gasteiger partial charge >= 0.3 is 5.97 Å². The number of carbonyl (C=O) groups excluding carboxylic acids is 2. The predicted octanol–water partition coefficient (Wildman–Crippen LogP) is 4.72. The second-order valence-electron chi connectivity index (χ2n) is 8.39. The van der Waals surface area contributed by atoms with E-state index < -0.39 is 0 Å². The average Bonchev–Trinajstić information content (AvgIpc) is 3.69. The fourth-order valence-electron chi connectivity index (χ4n) is 4.01. The molecule has 178 valence electrons. The Morgan fingerprint density at radius 3 is 2.50 bits per heavy atom. The van der Waals surface area contributed by atoms with Gasteiger partial charge in [-0.3, -0.25) is 9.59 Å². The van der Waals surface area contributed by atoms with Gasteiger partial charge in [0.1, 0.15) is 0 Å². The number of benzene rings is 2. The molecule has 1 aliphatic carbocycles. The summed E-state index contributed by atoms with van der Waals surface area (Å²) in [7, 11) is 3.18. The van der Waals surface area contributed by atoms with Crippen molar-refractivity contribution in [1.82, 2.24) is 9.88 Å². The molecule has 2 aromatic carbocycles. The molecule has 1 amide bonds. The smallest absolute Gasteiger partial charge is 0.307 e. The van der Waals surface area contributed by atoms with Gasteiger partial charge in [-0.05, 0) is 56.0 Å². The summed E-state index contributed by atoms with van der Waals surface area (Å²) < 4.78 is 15.9. The number of para-hydroxylation sites is 1. The lowest BCUT2D eigenvalue weighted by Gasteiger charge is -2.23. The van der Waals surface area contributed by atoms with E-state index in [0.29, 0.717) is 48.4 Å². The minimum Gasteiger partial charge on any atom is -0.493 e. The summed E-state index contributed by atoms with van der Waals surface area (Å²) in [5, 5.41) is 0.786. The van der Waals surface area contributed by atoms with Crippen molar-refractivity contribution < 1.29 is 23.8 Å². The van der Waals surface area contributed by atoms with E-state index in [4.69, 9.17) is 19.2 Å². The third kappa shape index (κ3) is 5.30. The van der Waals surface area contributed by atoms with Gasteiger partial charge < -0.3 is 19.1 Å². The molecule has 0 spiro atoms. The zero-order valence-electron chi connectivity index (χ0n) is 19.9. The van der Waals surface area contributed by atoms with Crippen LogP contribution in [-0.4, -0.2) is 55.7 Å². The molecule has 0 aliphatic heterocycles. The van der Waals surface area contributed by atoms with Gasteiger partial charge in [0, 0.05) is 24.0 Å². The first-order valence-electron chi connectivity index (χ1n) is 11.6. The van der Waals surface area contributed by atoms with Crippen LogP contribution in [0, 0.1) is 5.92 Å². The number of fused-ring (bicyclic) bond motifs is 1. The van der Waals surface area contributed by atoms with Crippen LogP contribution in [0.4, 0.5) is 0 Å². The number of esters is 1. The molecule has 1 fully saturated rings. The van der Waals surface area contributed by atoms with Crippen LogP contribution in [0.25, 0.3) is 22.2 Å². The Kier molecular flexibility index (Phi) is 7.30. The molecule has 0 radical (unpaired) electrons. The number of ether oxygens (including phenoxy) is 3. The number of carbonyl (C=O) groups is 2. The predicted molar refractivity (Wildman–Crippen MR) is 130 cm³/mol. The Morgan fingerprint density at radius 1 is 1.03 bits per heavy atom. The third-order valence-electron chi connectivity index (χ3n) is 5.98. The molecule has 0 bridgehead atoms. The highest BCUT2D eigenvalue weighted by molar-refractivity contribution is 6.07. The van der Waals surface area contributed by atoms with Crippen LogP contribution in [0.5, 0.6) is 11.5 Å². The highest BCUT2D eigenvalue weighted by Crippen LogP contribution is 2.34. The highest BCUT2D eigenvalue weighted by atomic mass is 16.5. The second-order valence-corrected chi connectivity index (χ2v) is 8.39. The minimum absolute atomic E-state index is 0.100. The number of amides is 1. The van der Waals surface area contributed by atoms with E-state index in [1.165, 1.54) is 0 Å². The molecule has 34 heavy (non-hydrogen) atoms. The first-order valence-corrected chi connectivity index (χ1v) is 11.6. The maximum atomic E-state index is 13.8. The third-order valence-corrected chi connectivity index (χ3v) is 5.98. The number of hydrogen-bond donors (Lipinski definition) is 0. The summed E-state index contributed by atoms with van der Waals surface area (Å²) in [5.41, 5.74) is 2.78. The average molecular weight is 463 g/mol. The SMILES string of the molecule is CCOC(=O)CCN(CC1CC1)C(=O)c1cc(-c2ccc(OC)c(OC)c2)nc2ccccc12. The van der Waals surface area contributed by atoms with Crippen LogP contribution in [0.2, 0.25) is 0 Å².